The number of Topliss-reactive ketones (excluding diaryl/α,β-unsaturated/α-hetero) is 1. The van der Waals surface area contributed by atoms with Gasteiger partial charge in [0, 0.05) is 18.2 Å². The van der Waals surface area contributed by atoms with E-state index >= 15 is 0 Å². The van der Waals surface area contributed by atoms with E-state index in [1.165, 1.54) is 19.3 Å². The van der Waals surface area contributed by atoms with Crippen LogP contribution in [0.2, 0.25) is 0 Å². The van der Waals surface area contributed by atoms with E-state index < -0.39 is 12.1 Å². The number of rotatable bonds is 5. The van der Waals surface area contributed by atoms with Crippen molar-refractivity contribution in [2.45, 2.75) is 12.5 Å². The van der Waals surface area contributed by atoms with E-state index in [-0.39, 0.29) is 40.8 Å². The Morgan fingerprint density at radius 2 is 1.84 bits per heavy atom. The topological polar surface area (TPSA) is 102 Å². The number of benzene rings is 3. The maximum Gasteiger partial charge on any atom is 0.336 e. The molecule has 0 saturated carbocycles. The number of ether oxygens (including phenoxy) is 3. The second kappa shape index (κ2) is 8.85. The van der Waals surface area contributed by atoms with E-state index in [1.54, 1.807) is 24.3 Å². The highest BCUT2D eigenvalue weighted by molar-refractivity contribution is 6.02. The van der Waals surface area contributed by atoms with Gasteiger partial charge < -0.3 is 24.4 Å². The van der Waals surface area contributed by atoms with Gasteiger partial charge in [0.05, 0.1) is 13.5 Å². The molecular weight excluding hydrogens is 412 g/mol. The molecule has 0 aromatic heterocycles. The van der Waals surface area contributed by atoms with Crippen LogP contribution in [0.5, 0.6) is 28.7 Å². The second-order valence-corrected chi connectivity index (χ2v) is 7.15. The number of esters is 1. The Kier molecular flexibility index (Phi) is 5.81. The van der Waals surface area contributed by atoms with Gasteiger partial charge in [-0.15, -0.1) is 0 Å². The number of hydrogen-bond donors (Lipinski definition) is 2. The Hall–Kier alpha value is -4.26. The van der Waals surface area contributed by atoms with Crippen molar-refractivity contribution < 1.29 is 34.0 Å². The molecule has 0 amide bonds. The molecule has 3 aromatic rings. The van der Waals surface area contributed by atoms with Gasteiger partial charge in [-0.25, -0.2) is 4.79 Å². The summed E-state index contributed by atoms with van der Waals surface area (Å²) in [6, 6.07) is 16.6. The van der Waals surface area contributed by atoms with Crippen LogP contribution in [0.15, 0.2) is 66.7 Å². The van der Waals surface area contributed by atoms with Crippen LogP contribution in [0.1, 0.15) is 34.0 Å². The lowest BCUT2D eigenvalue weighted by Gasteiger charge is -2.26. The zero-order valence-electron chi connectivity index (χ0n) is 17.1. The first-order valence-electron chi connectivity index (χ1n) is 9.83. The van der Waals surface area contributed by atoms with Crippen molar-refractivity contribution in [3.05, 3.63) is 83.4 Å². The number of fused-ring (bicyclic) bond motifs is 1. The van der Waals surface area contributed by atoms with Crippen LogP contribution >= 0.6 is 0 Å². The first kappa shape index (κ1) is 21.0. The third-order valence-electron chi connectivity index (χ3n) is 4.97. The van der Waals surface area contributed by atoms with Gasteiger partial charge in [-0.05, 0) is 29.3 Å². The van der Waals surface area contributed by atoms with Crippen LogP contribution in [-0.2, 0) is 4.79 Å². The minimum absolute atomic E-state index is 0.0288. The fourth-order valence-electron chi connectivity index (χ4n) is 3.46. The van der Waals surface area contributed by atoms with Crippen LogP contribution in [0.25, 0.3) is 6.08 Å². The van der Waals surface area contributed by atoms with Crippen LogP contribution in [-0.4, -0.2) is 29.1 Å². The number of hydrogen-bond acceptors (Lipinski definition) is 7. The molecule has 0 saturated heterocycles. The monoisotopic (exact) mass is 432 g/mol. The first-order chi connectivity index (χ1) is 15.4. The summed E-state index contributed by atoms with van der Waals surface area (Å²) in [7, 11) is 1.45. The number of phenolic OH excluding ortho intramolecular Hbond substituents is 2. The van der Waals surface area contributed by atoms with Crippen molar-refractivity contribution in [1.82, 2.24) is 0 Å². The number of carbonyl (C=O) groups excluding carboxylic acids is 2. The maximum absolute atomic E-state index is 12.6. The van der Waals surface area contributed by atoms with Gasteiger partial charge in [-0.1, -0.05) is 36.4 Å². The highest BCUT2D eigenvalue weighted by Crippen LogP contribution is 2.42. The molecule has 1 heterocycles. The quantitative estimate of drug-likeness (QED) is 0.349. The lowest BCUT2D eigenvalue weighted by Crippen LogP contribution is -2.20. The summed E-state index contributed by atoms with van der Waals surface area (Å²) in [6.45, 7) is 0. The number of phenols is 2. The van der Waals surface area contributed by atoms with Crippen LogP contribution in [0.4, 0.5) is 0 Å². The van der Waals surface area contributed by atoms with Crippen LogP contribution in [0.3, 0.4) is 0 Å². The molecule has 1 unspecified atom stereocenters. The molecule has 0 bridgehead atoms. The summed E-state index contributed by atoms with van der Waals surface area (Å²) in [5, 5.41) is 19.7. The predicted molar refractivity (Wildman–Crippen MR) is 116 cm³/mol. The van der Waals surface area contributed by atoms with Crippen LogP contribution < -0.4 is 14.2 Å². The second-order valence-electron chi connectivity index (χ2n) is 7.15. The van der Waals surface area contributed by atoms with Gasteiger partial charge in [0.2, 0.25) is 0 Å². The molecule has 0 radical (unpaired) electrons. The molecule has 0 aliphatic carbocycles. The standard InChI is InChI=1S/C25H20O7/c1-30-20-9-8-16(11-22(20)32-24(29)10-7-15-5-3-2-4-6-15)21-14-19(28)25-18(27)12-17(26)13-23(25)31-21/h2-13,21,26-27H,14H2,1H3. The molecule has 0 fully saturated rings. The molecule has 3 aromatic carbocycles. The summed E-state index contributed by atoms with van der Waals surface area (Å²) in [6.07, 6.45) is 2.22. The van der Waals surface area contributed by atoms with Crippen molar-refractivity contribution in [2.24, 2.45) is 0 Å². The molecule has 162 valence electrons. The van der Waals surface area contributed by atoms with E-state index in [4.69, 9.17) is 14.2 Å². The highest BCUT2D eigenvalue weighted by atomic mass is 16.6. The largest absolute Gasteiger partial charge is 0.508 e. The number of aromatic hydroxyl groups is 2. The third-order valence-corrected chi connectivity index (χ3v) is 4.97. The van der Waals surface area contributed by atoms with Crippen molar-refractivity contribution in [2.75, 3.05) is 7.11 Å². The normalized spacial score (nSPS) is 15.2. The Bertz CT molecular complexity index is 1200. The van der Waals surface area contributed by atoms with Crippen molar-refractivity contribution in [3.63, 3.8) is 0 Å². The van der Waals surface area contributed by atoms with E-state index in [2.05, 4.69) is 0 Å². The first-order valence-corrected chi connectivity index (χ1v) is 9.83. The van der Waals surface area contributed by atoms with Crippen LogP contribution in [0, 0.1) is 0 Å². The lowest BCUT2D eigenvalue weighted by molar-refractivity contribution is -0.129. The summed E-state index contributed by atoms with van der Waals surface area (Å²) in [4.78, 5) is 24.9. The average molecular weight is 432 g/mol. The van der Waals surface area contributed by atoms with Crippen molar-refractivity contribution >= 4 is 17.8 Å². The Balaban J connectivity index is 1.57. The minimum Gasteiger partial charge on any atom is -0.508 e. The Labute approximate surface area is 184 Å². The van der Waals surface area contributed by atoms with Gasteiger partial charge in [0.25, 0.3) is 0 Å². The summed E-state index contributed by atoms with van der Waals surface area (Å²) < 4.78 is 16.6. The molecule has 1 atom stereocenters. The number of methoxy groups -OCH3 is 1. The Morgan fingerprint density at radius 1 is 1.06 bits per heavy atom. The van der Waals surface area contributed by atoms with E-state index in [9.17, 15) is 19.8 Å². The molecule has 1 aliphatic heterocycles. The van der Waals surface area contributed by atoms with Crippen molar-refractivity contribution in [1.29, 1.82) is 0 Å². The smallest absolute Gasteiger partial charge is 0.336 e. The Morgan fingerprint density at radius 3 is 2.59 bits per heavy atom. The fourth-order valence-corrected chi connectivity index (χ4v) is 3.46. The molecule has 32 heavy (non-hydrogen) atoms. The van der Waals surface area contributed by atoms with Gasteiger partial charge >= 0.3 is 5.97 Å². The van der Waals surface area contributed by atoms with E-state index in [0.717, 1.165) is 11.6 Å². The van der Waals surface area contributed by atoms with Gasteiger partial charge in [-0.3, -0.25) is 4.79 Å². The zero-order valence-corrected chi connectivity index (χ0v) is 17.1. The molecule has 0 spiro atoms. The van der Waals surface area contributed by atoms with Crippen molar-refractivity contribution in [3.8, 4) is 28.7 Å². The predicted octanol–water partition coefficient (Wildman–Crippen LogP) is 4.43. The molecule has 7 heteroatoms. The molecule has 4 rings (SSSR count). The number of ketones is 1. The number of carbonyl (C=O) groups is 2. The van der Waals surface area contributed by atoms with Gasteiger partial charge in [0.15, 0.2) is 17.3 Å². The molecule has 7 nitrogen and oxygen atoms in total. The maximum atomic E-state index is 12.6. The summed E-state index contributed by atoms with van der Waals surface area (Å²) in [5.74, 6) is -0.869. The third kappa shape index (κ3) is 4.41. The molecule has 1 aliphatic rings. The van der Waals surface area contributed by atoms with E-state index in [1.807, 2.05) is 30.3 Å². The zero-order chi connectivity index (χ0) is 22.7. The lowest BCUT2D eigenvalue weighted by atomic mass is 9.95. The minimum atomic E-state index is -0.695. The van der Waals surface area contributed by atoms with Gasteiger partial charge in [-0.2, -0.15) is 0 Å². The molecule has 2 N–H and O–H groups in total. The fraction of sp³-hybridized carbons (Fsp3) is 0.120. The highest BCUT2D eigenvalue weighted by Gasteiger charge is 2.31. The SMILES string of the molecule is COc1ccc(C2CC(=O)c3c(O)cc(O)cc3O2)cc1OC(=O)C=Cc1ccccc1. The summed E-state index contributed by atoms with van der Waals surface area (Å²) >= 11 is 0. The van der Waals surface area contributed by atoms with E-state index in [0.29, 0.717) is 11.3 Å². The average Bonchev–Trinajstić information content (AvgIpc) is 2.77. The molecular formula is C25H20O7. The van der Waals surface area contributed by atoms with Gasteiger partial charge in [0.1, 0.15) is 28.9 Å². The summed E-state index contributed by atoms with van der Waals surface area (Å²) in [5.41, 5.74) is 1.46.